The van der Waals surface area contributed by atoms with Crippen LogP contribution in [0.3, 0.4) is 0 Å². The molecule has 0 amide bonds. The van der Waals surface area contributed by atoms with Gasteiger partial charge < -0.3 is 10.1 Å². The van der Waals surface area contributed by atoms with E-state index in [2.05, 4.69) is 37.2 Å². The van der Waals surface area contributed by atoms with Crippen molar-refractivity contribution in [3.8, 4) is 11.5 Å². The van der Waals surface area contributed by atoms with E-state index in [0.29, 0.717) is 16.0 Å². The number of nitrogens with one attached hydrogen (secondary N) is 1. The highest BCUT2D eigenvalue weighted by atomic mass is 79.9. The molecule has 2 aromatic carbocycles. The van der Waals surface area contributed by atoms with Crippen molar-refractivity contribution in [3.05, 3.63) is 56.7 Å². The minimum Gasteiger partial charge on any atom is -0.457 e. The molecule has 0 heterocycles. The highest BCUT2D eigenvalue weighted by Gasteiger charge is 2.12. The van der Waals surface area contributed by atoms with Gasteiger partial charge in [-0.25, -0.2) is 4.39 Å². The monoisotopic (exact) mass is 401 g/mol. The van der Waals surface area contributed by atoms with Gasteiger partial charge in [-0.15, -0.1) is 0 Å². The minimum absolute atomic E-state index is 0.134. The molecule has 106 valence electrons. The van der Waals surface area contributed by atoms with E-state index in [0.717, 1.165) is 10.0 Å². The molecule has 1 unspecified atom stereocenters. The third kappa shape index (κ3) is 3.81. The number of ether oxygens (including phenoxy) is 1. The Kier molecular flexibility index (Phi) is 5.18. The van der Waals surface area contributed by atoms with Crippen molar-refractivity contribution >= 4 is 31.9 Å². The summed E-state index contributed by atoms with van der Waals surface area (Å²) in [5.74, 6) is 0.811. The fourth-order valence-electron chi connectivity index (χ4n) is 1.82. The average molecular weight is 403 g/mol. The predicted molar refractivity (Wildman–Crippen MR) is 85.8 cm³/mol. The SMILES string of the molecule is CNC(C)c1ccc(Br)cc1Oc1cc(F)cc(Br)c1. The van der Waals surface area contributed by atoms with Crippen LogP contribution in [0.15, 0.2) is 45.3 Å². The standard InChI is InChI=1S/C15H14Br2FNO/c1-9(19-2)14-4-3-10(16)7-15(14)20-13-6-11(17)5-12(18)8-13/h3-9,19H,1-2H3. The van der Waals surface area contributed by atoms with E-state index in [-0.39, 0.29) is 11.9 Å². The summed E-state index contributed by atoms with van der Waals surface area (Å²) in [6.45, 7) is 2.04. The van der Waals surface area contributed by atoms with Gasteiger partial charge in [0, 0.05) is 26.6 Å². The second-order valence-electron chi connectivity index (χ2n) is 4.40. The summed E-state index contributed by atoms with van der Waals surface area (Å²) < 4.78 is 20.8. The zero-order valence-electron chi connectivity index (χ0n) is 11.1. The van der Waals surface area contributed by atoms with Gasteiger partial charge in [-0.3, -0.25) is 0 Å². The van der Waals surface area contributed by atoms with E-state index < -0.39 is 0 Å². The van der Waals surface area contributed by atoms with Gasteiger partial charge in [0.15, 0.2) is 0 Å². The highest BCUT2D eigenvalue weighted by molar-refractivity contribution is 9.10. The Labute approximate surface area is 134 Å². The first-order valence-electron chi connectivity index (χ1n) is 6.10. The van der Waals surface area contributed by atoms with Crippen molar-refractivity contribution in [2.45, 2.75) is 13.0 Å². The molecule has 0 spiro atoms. The van der Waals surface area contributed by atoms with Gasteiger partial charge in [-0.2, -0.15) is 0 Å². The van der Waals surface area contributed by atoms with Crippen LogP contribution < -0.4 is 10.1 Å². The fraction of sp³-hybridized carbons (Fsp3) is 0.200. The van der Waals surface area contributed by atoms with Crippen molar-refractivity contribution < 1.29 is 9.13 Å². The Morgan fingerprint density at radius 1 is 1.10 bits per heavy atom. The maximum Gasteiger partial charge on any atom is 0.133 e. The van der Waals surface area contributed by atoms with Gasteiger partial charge >= 0.3 is 0 Å². The Morgan fingerprint density at radius 2 is 1.85 bits per heavy atom. The van der Waals surface area contributed by atoms with E-state index in [9.17, 15) is 4.39 Å². The van der Waals surface area contributed by atoms with Crippen LogP contribution in [0.5, 0.6) is 11.5 Å². The molecule has 0 aliphatic carbocycles. The molecule has 0 saturated heterocycles. The highest BCUT2D eigenvalue weighted by Crippen LogP contribution is 2.33. The first-order chi connectivity index (χ1) is 9.49. The predicted octanol–water partition coefficient (Wildman–Crippen LogP) is 5.42. The Bertz CT molecular complexity index is 599. The number of hydrogen-bond acceptors (Lipinski definition) is 2. The van der Waals surface area contributed by atoms with Crippen LogP contribution in [-0.2, 0) is 0 Å². The minimum atomic E-state index is -0.340. The fourth-order valence-corrected chi connectivity index (χ4v) is 2.61. The van der Waals surface area contributed by atoms with Crippen LogP contribution >= 0.6 is 31.9 Å². The van der Waals surface area contributed by atoms with E-state index in [1.54, 1.807) is 6.07 Å². The van der Waals surface area contributed by atoms with Gasteiger partial charge in [0.1, 0.15) is 17.3 Å². The summed E-state index contributed by atoms with van der Waals surface area (Å²) >= 11 is 6.69. The Morgan fingerprint density at radius 3 is 2.50 bits per heavy atom. The molecule has 2 nitrogen and oxygen atoms in total. The molecule has 0 bridgehead atoms. The van der Waals surface area contributed by atoms with Gasteiger partial charge in [-0.1, -0.05) is 37.9 Å². The molecule has 20 heavy (non-hydrogen) atoms. The van der Waals surface area contributed by atoms with Crippen molar-refractivity contribution in [2.75, 3.05) is 7.05 Å². The number of benzene rings is 2. The van der Waals surface area contributed by atoms with E-state index >= 15 is 0 Å². The van der Waals surface area contributed by atoms with Crippen LogP contribution in [0.4, 0.5) is 4.39 Å². The molecular formula is C15H14Br2FNO. The lowest BCUT2D eigenvalue weighted by Gasteiger charge is -2.17. The lowest BCUT2D eigenvalue weighted by atomic mass is 10.1. The van der Waals surface area contributed by atoms with Crippen LogP contribution in [0, 0.1) is 5.82 Å². The summed E-state index contributed by atoms with van der Waals surface area (Å²) in [4.78, 5) is 0. The van der Waals surface area contributed by atoms with Gasteiger partial charge in [0.2, 0.25) is 0 Å². The third-order valence-electron chi connectivity index (χ3n) is 2.94. The topological polar surface area (TPSA) is 21.3 Å². The summed E-state index contributed by atoms with van der Waals surface area (Å²) in [7, 11) is 1.88. The van der Waals surface area contributed by atoms with Crippen LogP contribution in [0.2, 0.25) is 0 Å². The lowest BCUT2D eigenvalue weighted by molar-refractivity contribution is 0.461. The van der Waals surface area contributed by atoms with E-state index in [1.807, 2.05) is 32.2 Å². The van der Waals surface area contributed by atoms with Gasteiger partial charge in [0.05, 0.1) is 0 Å². The molecule has 0 radical (unpaired) electrons. The quantitative estimate of drug-likeness (QED) is 0.736. The van der Waals surface area contributed by atoms with Crippen LogP contribution in [0.1, 0.15) is 18.5 Å². The zero-order valence-corrected chi connectivity index (χ0v) is 14.3. The molecule has 5 heteroatoms. The maximum absolute atomic E-state index is 13.4. The van der Waals surface area contributed by atoms with E-state index in [1.165, 1.54) is 12.1 Å². The summed E-state index contributed by atoms with van der Waals surface area (Å²) in [6.07, 6.45) is 0. The van der Waals surface area contributed by atoms with Crippen LogP contribution in [-0.4, -0.2) is 7.05 Å². The summed E-state index contributed by atoms with van der Waals surface area (Å²) in [5, 5.41) is 3.17. The molecule has 0 aliphatic heterocycles. The third-order valence-corrected chi connectivity index (χ3v) is 3.89. The molecule has 0 aliphatic rings. The van der Waals surface area contributed by atoms with Crippen molar-refractivity contribution in [1.29, 1.82) is 0 Å². The average Bonchev–Trinajstić information content (AvgIpc) is 2.37. The molecule has 0 saturated carbocycles. The summed E-state index contributed by atoms with van der Waals surface area (Å²) in [6, 6.07) is 10.4. The molecular weight excluding hydrogens is 389 g/mol. The Balaban J connectivity index is 2.39. The van der Waals surface area contributed by atoms with Gasteiger partial charge in [0.25, 0.3) is 0 Å². The first-order valence-corrected chi connectivity index (χ1v) is 7.69. The van der Waals surface area contributed by atoms with Gasteiger partial charge in [-0.05, 0) is 38.2 Å². The van der Waals surface area contributed by atoms with Crippen LogP contribution in [0.25, 0.3) is 0 Å². The molecule has 2 aromatic rings. The van der Waals surface area contributed by atoms with Crippen molar-refractivity contribution in [1.82, 2.24) is 5.32 Å². The smallest absolute Gasteiger partial charge is 0.133 e. The second kappa shape index (κ2) is 6.70. The molecule has 0 aromatic heterocycles. The largest absolute Gasteiger partial charge is 0.457 e. The normalized spacial score (nSPS) is 12.2. The van der Waals surface area contributed by atoms with E-state index in [4.69, 9.17) is 4.74 Å². The second-order valence-corrected chi connectivity index (χ2v) is 6.23. The molecule has 1 N–H and O–H groups in total. The molecule has 2 rings (SSSR count). The Hall–Kier alpha value is -0.910. The lowest BCUT2D eigenvalue weighted by Crippen LogP contribution is -2.13. The number of halogens is 3. The summed E-state index contributed by atoms with van der Waals surface area (Å²) in [5.41, 5.74) is 1.01. The molecule has 1 atom stereocenters. The zero-order chi connectivity index (χ0) is 14.7. The number of hydrogen-bond donors (Lipinski definition) is 1. The first kappa shape index (κ1) is 15.5. The van der Waals surface area contributed by atoms with Crippen molar-refractivity contribution in [3.63, 3.8) is 0 Å². The number of rotatable bonds is 4. The molecule has 0 fully saturated rings. The maximum atomic E-state index is 13.4. The van der Waals surface area contributed by atoms with Crippen molar-refractivity contribution in [2.24, 2.45) is 0 Å².